The number of rotatable bonds is 3. The molecule has 0 N–H and O–H groups in total. The molecule has 0 heterocycles. The topological polar surface area (TPSA) is 29.4 Å². The lowest BCUT2D eigenvalue weighted by atomic mass is 10.1. The number of aryl methyl sites for hydroxylation is 1. The van der Waals surface area contributed by atoms with Gasteiger partial charge in [-0.3, -0.25) is 0 Å². The molecule has 0 aliphatic carbocycles. The first-order chi connectivity index (χ1) is 5.38. The van der Waals surface area contributed by atoms with Crippen molar-refractivity contribution in [1.29, 1.82) is 0 Å². The quantitative estimate of drug-likeness (QED) is 0.607. The van der Waals surface area contributed by atoms with Crippen molar-refractivity contribution >= 4 is 0 Å². The summed E-state index contributed by atoms with van der Waals surface area (Å²) >= 11 is 0. The Kier molecular flexibility index (Phi) is 2.78. The van der Waals surface area contributed by atoms with Gasteiger partial charge in [-0.15, -0.1) is 0 Å². The molecule has 0 atom stereocenters. The molecule has 0 aliphatic rings. The Bertz CT molecular complexity index is 245. The minimum atomic E-state index is 0.296. The lowest BCUT2D eigenvalue weighted by Gasteiger charge is -2.01. The van der Waals surface area contributed by atoms with Gasteiger partial charge >= 0.3 is 0 Å². The van der Waals surface area contributed by atoms with Crippen LogP contribution in [0.2, 0.25) is 0 Å². The standard InChI is InChI=1S/C9H11NO/c1-2-8-5-3-4-6-9(8)7-10-11/h3-6H,2,7H2,1H3. The predicted octanol–water partition coefficient (Wildman–Crippen LogP) is 2.52. The van der Waals surface area contributed by atoms with Crippen molar-refractivity contribution < 1.29 is 0 Å². The van der Waals surface area contributed by atoms with Crippen LogP contribution in [0.5, 0.6) is 0 Å². The van der Waals surface area contributed by atoms with Gasteiger partial charge in [-0.25, -0.2) is 0 Å². The van der Waals surface area contributed by atoms with Crippen LogP contribution in [0.1, 0.15) is 18.1 Å². The zero-order chi connectivity index (χ0) is 8.10. The molecule has 2 heteroatoms. The van der Waals surface area contributed by atoms with E-state index in [1.807, 2.05) is 24.3 Å². The smallest absolute Gasteiger partial charge is 0.106 e. The van der Waals surface area contributed by atoms with E-state index in [0.29, 0.717) is 6.54 Å². The number of nitroso groups, excluding NO2 is 1. The summed E-state index contributed by atoms with van der Waals surface area (Å²) in [6.07, 6.45) is 0.964. The largest absolute Gasteiger partial charge is 0.150 e. The van der Waals surface area contributed by atoms with Gasteiger partial charge in [0.25, 0.3) is 0 Å². The van der Waals surface area contributed by atoms with Crippen molar-refractivity contribution in [1.82, 2.24) is 0 Å². The van der Waals surface area contributed by atoms with Gasteiger partial charge < -0.3 is 0 Å². The van der Waals surface area contributed by atoms with E-state index in [-0.39, 0.29) is 0 Å². The fourth-order valence-corrected chi connectivity index (χ4v) is 1.13. The second-order valence-electron chi connectivity index (χ2n) is 2.41. The lowest BCUT2D eigenvalue weighted by molar-refractivity contribution is 0.995. The predicted molar refractivity (Wildman–Crippen MR) is 45.3 cm³/mol. The summed E-state index contributed by atoms with van der Waals surface area (Å²) in [4.78, 5) is 9.99. The Morgan fingerprint density at radius 2 is 1.91 bits per heavy atom. The van der Waals surface area contributed by atoms with Gasteiger partial charge in [0.15, 0.2) is 0 Å². The third-order valence-electron chi connectivity index (χ3n) is 1.73. The van der Waals surface area contributed by atoms with E-state index in [1.165, 1.54) is 5.56 Å². The van der Waals surface area contributed by atoms with Crippen LogP contribution in [0.15, 0.2) is 29.4 Å². The molecule has 0 amide bonds. The third kappa shape index (κ3) is 1.87. The molecular weight excluding hydrogens is 138 g/mol. The van der Waals surface area contributed by atoms with Gasteiger partial charge in [-0.1, -0.05) is 36.4 Å². The molecule has 1 aromatic rings. The molecule has 58 valence electrons. The average Bonchev–Trinajstić information content (AvgIpc) is 2.06. The van der Waals surface area contributed by atoms with Crippen LogP contribution in [-0.2, 0) is 13.0 Å². The number of hydrogen-bond acceptors (Lipinski definition) is 2. The second-order valence-corrected chi connectivity index (χ2v) is 2.41. The summed E-state index contributed by atoms with van der Waals surface area (Å²) < 4.78 is 0. The van der Waals surface area contributed by atoms with Gasteiger partial charge in [0.2, 0.25) is 0 Å². The molecule has 1 aromatic carbocycles. The van der Waals surface area contributed by atoms with E-state index in [4.69, 9.17) is 0 Å². The van der Waals surface area contributed by atoms with Crippen LogP contribution < -0.4 is 0 Å². The highest BCUT2D eigenvalue weighted by Gasteiger charge is 1.97. The Labute approximate surface area is 66.2 Å². The number of hydrogen-bond donors (Lipinski definition) is 0. The molecule has 0 aliphatic heterocycles. The minimum Gasteiger partial charge on any atom is -0.150 e. The first kappa shape index (κ1) is 7.92. The van der Waals surface area contributed by atoms with Gasteiger partial charge in [0.1, 0.15) is 6.54 Å². The molecule has 0 spiro atoms. The molecular formula is C9H11NO. The first-order valence-corrected chi connectivity index (χ1v) is 3.74. The van der Waals surface area contributed by atoms with Crippen molar-refractivity contribution in [3.63, 3.8) is 0 Å². The minimum absolute atomic E-state index is 0.296. The van der Waals surface area contributed by atoms with Crippen molar-refractivity contribution in [2.45, 2.75) is 19.9 Å². The SMILES string of the molecule is CCc1ccccc1CN=O. The van der Waals surface area contributed by atoms with Gasteiger partial charge in [-0.2, -0.15) is 4.91 Å². The molecule has 2 nitrogen and oxygen atoms in total. The number of benzene rings is 1. The fraction of sp³-hybridized carbons (Fsp3) is 0.333. The molecule has 11 heavy (non-hydrogen) atoms. The van der Waals surface area contributed by atoms with Crippen LogP contribution in [0.25, 0.3) is 0 Å². The van der Waals surface area contributed by atoms with E-state index in [1.54, 1.807) is 0 Å². The maximum atomic E-state index is 9.99. The molecule has 0 saturated heterocycles. The Balaban J connectivity index is 2.92. The van der Waals surface area contributed by atoms with Crippen molar-refractivity contribution in [2.75, 3.05) is 0 Å². The van der Waals surface area contributed by atoms with E-state index in [9.17, 15) is 4.91 Å². The summed E-state index contributed by atoms with van der Waals surface area (Å²) in [6, 6.07) is 7.88. The maximum Gasteiger partial charge on any atom is 0.106 e. The van der Waals surface area contributed by atoms with Crippen LogP contribution in [-0.4, -0.2) is 0 Å². The normalized spacial score (nSPS) is 9.55. The molecule has 0 aromatic heterocycles. The third-order valence-corrected chi connectivity index (χ3v) is 1.73. The van der Waals surface area contributed by atoms with Crippen LogP contribution >= 0.6 is 0 Å². The fourth-order valence-electron chi connectivity index (χ4n) is 1.13. The summed E-state index contributed by atoms with van der Waals surface area (Å²) in [7, 11) is 0. The lowest BCUT2D eigenvalue weighted by Crippen LogP contribution is -1.89. The van der Waals surface area contributed by atoms with E-state index < -0.39 is 0 Å². The van der Waals surface area contributed by atoms with Crippen LogP contribution in [0.4, 0.5) is 0 Å². The maximum absolute atomic E-state index is 9.99. The van der Waals surface area contributed by atoms with Crippen LogP contribution in [0, 0.1) is 4.91 Å². The Hall–Kier alpha value is -1.18. The summed E-state index contributed by atoms with van der Waals surface area (Å²) in [5, 5.41) is 2.86. The molecule has 0 fully saturated rings. The first-order valence-electron chi connectivity index (χ1n) is 3.74. The molecule has 0 unspecified atom stereocenters. The van der Waals surface area contributed by atoms with E-state index >= 15 is 0 Å². The Morgan fingerprint density at radius 3 is 2.45 bits per heavy atom. The highest BCUT2D eigenvalue weighted by molar-refractivity contribution is 5.26. The molecule has 1 rings (SSSR count). The van der Waals surface area contributed by atoms with E-state index in [0.717, 1.165) is 12.0 Å². The van der Waals surface area contributed by atoms with Gasteiger partial charge in [-0.05, 0) is 17.5 Å². The zero-order valence-corrected chi connectivity index (χ0v) is 6.58. The summed E-state index contributed by atoms with van der Waals surface area (Å²) in [6.45, 7) is 2.37. The molecule has 0 saturated carbocycles. The highest BCUT2D eigenvalue weighted by atomic mass is 16.3. The van der Waals surface area contributed by atoms with E-state index in [2.05, 4.69) is 12.1 Å². The molecule has 0 radical (unpaired) electrons. The summed E-state index contributed by atoms with van der Waals surface area (Å²) in [5.41, 5.74) is 2.26. The number of nitrogens with zero attached hydrogens (tertiary/aromatic N) is 1. The van der Waals surface area contributed by atoms with Crippen molar-refractivity contribution in [2.24, 2.45) is 5.18 Å². The highest BCUT2D eigenvalue weighted by Crippen LogP contribution is 2.09. The monoisotopic (exact) mass is 149 g/mol. The average molecular weight is 149 g/mol. The second kappa shape index (κ2) is 3.86. The Morgan fingerprint density at radius 1 is 1.27 bits per heavy atom. The van der Waals surface area contributed by atoms with Crippen molar-refractivity contribution in [3.05, 3.63) is 40.3 Å². The van der Waals surface area contributed by atoms with Crippen LogP contribution in [0.3, 0.4) is 0 Å². The van der Waals surface area contributed by atoms with Gasteiger partial charge in [0, 0.05) is 0 Å². The van der Waals surface area contributed by atoms with Gasteiger partial charge in [0.05, 0.1) is 0 Å². The molecule has 0 bridgehead atoms. The summed E-state index contributed by atoms with van der Waals surface area (Å²) in [5.74, 6) is 0. The zero-order valence-electron chi connectivity index (χ0n) is 6.58. The van der Waals surface area contributed by atoms with Crippen molar-refractivity contribution in [3.8, 4) is 0 Å².